The van der Waals surface area contributed by atoms with Gasteiger partial charge in [-0.25, -0.2) is 4.98 Å². The molecule has 2 saturated heterocycles. The number of ether oxygens (including phenoxy) is 2. The lowest BCUT2D eigenvalue weighted by Crippen LogP contribution is -2.46. The van der Waals surface area contributed by atoms with Crippen molar-refractivity contribution in [1.82, 2.24) is 15.3 Å². The third-order valence-electron chi connectivity index (χ3n) is 4.11. The lowest BCUT2D eigenvalue weighted by atomic mass is 9.82. The Hall–Kier alpha value is -1.40. The minimum absolute atomic E-state index is 0.251. The number of nitrogens with zero attached hydrogens (tertiary/aromatic N) is 2. The van der Waals surface area contributed by atoms with Gasteiger partial charge in [0.05, 0.1) is 25.4 Å². The Morgan fingerprint density at radius 3 is 2.53 bits per heavy atom. The molecule has 0 spiro atoms. The van der Waals surface area contributed by atoms with Crippen LogP contribution in [0.4, 0.5) is 0 Å². The summed E-state index contributed by atoms with van der Waals surface area (Å²) in [5.41, 5.74) is -0.247. The van der Waals surface area contributed by atoms with Crippen LogP contribution in [-0.4, -0.2) is 41.4 Å². The highest BCUT2D eigenvalue weighted by Gasteiger charge is 2.45. The average molecular weight is 265 g/mol. The van der Waals surface area contributed by atoms with E-state index in [1.165, 1.54) is 7.11 Å². The SMILES string of the molecule is COc1ncc(C2(O)CC3CCC(C2)N3)c(OC)n1. The molecule has 1 aromatic rings. The number of rotatable bonds is 3. The van der Waals surface area contributed by atoms with Gasteiger partial charge >= 0.3 is 6.01 Å². The van der Waals surface area contributed by atoms with Crippen LogP contribution in [0, 0.1) is 0 Å². The molecule has 0 radical (unpaired) electrons. The summed E-state index contributed by atoms with van der Waals surface area (Å²) in [4.78, 5) is 8.27. The van der Waals surface area contributed by atoms with Crippen molar-refractivity contribution in [2.45, 2.75) is 43.4 Å². The zero-order valence-corrected chi connectivity index (χ0v) is 11.2. The summed E-state index contributed by atoms with van der Waals surface area (Å²) in [7, 11) is 3.05. The number of hydrogen-bond donors (Lipinski definition) is 2. The fourth-order valence-corrected chi connectivity index (χ4v) is 3.27. The maximum Gasteiger partial charge on any atom is 0.319 e. The molecule has 104 valence electrons. The van der Waals surface area contributed by atoms with Gasteiger partial charge < -0.3 is 19.9 Å². The molecule has 2 fully saturated rings. The second-order valence-electron chi connectivity index (χ2n) is 5.36. The van der Waals surface area contributed by atoms with Crippen LogP contribution >= 0.6 is 0 Å². The quantitative estimate of drug-likeness (QED) is 0.833. The standard InChI is InChI=1S/C13H19N3O3/c1-18-11-10(7-14-12(16-11)19-2)13(17)5-8-3-4-9(6-13)15-8/h7-9,15,17H,3-6H2,1-2H3. The van der Waals surface area contributed by atoms with Crippen molar-refractivity contribution in [3.63, 3.8) is 0 Å². The summed E-state index contributed by atoms with van der Waals surface area (Å²) >= 11 is 0. The normalized spacial score (nSPS) is 33.2. The zero-order chi connectivity index (χ0) is 13.5. The molecule has 0 aromatic carbocycles. The molecular formula is C13H19N3O3. The first kappa shape index (κ1) is 12.6. The van der Waals surface area contributed by atoms with Crippen LogP contribution in [0.25, 0.3) is 0 Å². The van der Waals surface area contributed by atoms with E-state index in [-0.39, 0.29) is 6.01 Å². The van der Waals surface area contributed by atoms with E-state index in [1.807, 2.05) is 0 Å². The Morgan fingerprint density at radius 2 is 1.95 bits per heavy atom. The summed E-state index contributed by atoms with van der Waals surface area (Å²) in [5, 5.41) is 14.5. The molecule has 0 saturated carbocycles. The summed E-state index contributed by atoms with van der Waals surface area (Å²) in [6.45, 7) is 0. The Balaban J connectivity index is 1.96. The zero-order valence-electron chi connectivity index (χ0n) is 11.2. The molecule has 3 heterocycles. The Bertz CT molecular complexity index is 468. The van der Waals surface area contributed by atoms with E-state index in [9.17, 15) is 5.11 Å². The highest BCUT2D eigenvalue weighted by molar-refractivity contribution is 5.33. The Morgan fingerprint density at radius 1 is 1.26 bits per heavy atom. The molecule has 19 heavy (non-hydrogen) atoms. The van der Waals surface area contributed by atoms with E-state index in [2.05, 4.69) is 15.3 Å². The van der Waals surface area contributed by atoms with E-state index in [0.717, 1.165) is 12.8 Å². The molecule has 2 unspecified atom stereocenters. The van der Waals surface area contributed by atoms with Crippen LogP contribution in [0.3, 0.4) is 0 Å². The molecule has 2 atom stereocenters. The van der Waals surface area contributed by atoms with Crippen LogP contribution < -0.4 is 14.8 Å². The highest BCUT2D eigenvalue weighted by atomic mass is 16.5. The predicted octanol–water partition coefficient (Wildman–Crippen LogP) is 0.596. The monoisotopic (exact) mass is 265 g/mol. The molecule has 2 bridgehead atoms. The van der Waals surface area contributed by atoms with Crippen LogP contribution in [0.1, 0.15) is 31.2 Å². The minimum atomic E-state index is -0.908. The van der Waals surface area contributed by atoms with Crippen molar-refractivity contribution < 1.29 is 14.6 Å². The Kier molecular flexibility index (Phi) is 3.06. The average Bonchev–Trinajstić information content (AvgIpc) is 2.77. The van der Waals surface area contributed by atoms with Crippen LogP contribution in [0.2, 0.25) is 0 Å². The van der Waals surface area contributed by atoms with Crippen molar-refractivity contribution in [2.24, 2.45) is 0 Å². The third kappa shape index (κ3) is 2.15. The summed E-state index contributed by atoms with van der Waals surface area (Å²) in [6.07, 6.45) is 5.21. The number of piperidine rings is 1. The molecule has 3 rings (SSSR count). The largest absolute Gasteiger partial charge is 0.481 e. The van der Waals surface area contributed by atoms with E-state index in [4.69, 9.17) is 9.47 Å². The fourth-order valence-electron chi connectivity index (χ4n) is 3.27. The Labute approximate surface area is 112 Å². The number of aromatic nitrogens is 2. The second-order valence-corrected chi connectivity index (χ2v) is 5.36. The van der Waals surface area contributed by atoms with Crippen molar-refractivity contribution in [3.05, 3.63) is 11.8 Å². The number of aliphatic hydroxyl groups is 1. The van der Waals surface area contributed by atoms with Gasteiger partial charge in [0.25, 0.3) is 0 Å². The number of nitrogens with one attached hydrogen (secondary N) is 1. The van der Waals surface area contributed by atoms with Gasteiger partial charge in [-0.3, -0.25) is 0 Å². The van der Waals surface area contributed by atoms with Crippen molar-refractivity contribution >= 4 is 0 Å². The lowest BCUT2D eigenvalue weighted by Gasteiger charge is -2.37. The minimum Gasteiger partial charge on any atom is -0.481 e. The fraction of sp³-hybridized carbons (Fsp3) is 0.692. The van der Waals surface area contributed by atoms with E-state index < -0.39 is 5.60 Å². The molecule has 2 N–H and O–H groups in total. The van der Waals surface area contributed by atoms with E-state index in [1.54, 1.807) is 13.3 Å². The maximum atomic E-state index is 11.0. The van der Waals surface area contributed by atoms with Crippen molar-refractivity contribution in [2.75, 3.05) is 14.2 Å². The van der Waals surface area contributed by atoms with E-state index in [0.29, 0.717) is 36.4 Å². The lowest BCUT2D eigenvalue weighted by molar-refractivity contribution is -0.0141. The molecule has 2 aliphatic rings. The van der Waals surface area contributed by atoms with Gasteiger partial charge in [0, 0.05) is 18.3 Å². The second kappa shape index (κ2) is 4.61. The van der Waals surface area contributed by atoms with Gasteiger partial charge in [0.15, 0.2) is 0 Å². The van der Waals surface area contributed by atoms with Gasteiger partial charge in [-0.2, -0.15) is 4.98 Å². The predicted molar refractivity (Wildman–Crippen MR) is 68.2 cm³/mol. The van der Waals surface area contributed by atoms with Crippen molar-refractivity contribution in [3.8, 4) is 11.9 Å². The molecule has 6 heteroatoms. The highest BCUT2D eigenvalue weighted by Crippen LogP contribution is 2.43. The van der Waals surface area contributed by atoms with Gasteiger partial charge in [-0.05, 0) is 25.7 Å². The molecule has 0 aliphatic carbocycles. The van der Waals surface area contributed by atoms with Crippen LogP contribution in [0.5, 0.6) is 11.9 Å². The van der Waals surface area contributed by atoms with Crippen LogP contribution in [0.15, 0.2) is 6.20 Å². The van der Waals surface area contributed by atoms with Crippen molar-refractivity contribution in [1.29, 1.82) is 0 Å². The van der Waals surface area contributed by atoms with Gasteiger partial charge in [-0.1, -0.05) is 0 Å². The summed E-state index contributed by atoms with van der Waals surface area (Å²) in [6, 6.07) is 0.993. The third-order valence-corrected chi connectivity index (χ3v) is 4.11. The molecule has 6 nitrogen and oxygen atoms in total. The summed E-state index contributed by atoms with van der Waals surface area (Å²) in [5.74, 6) is 0.399. The maximum absolute atomic E-state index is 11.0. The number of methoxy groups -OCH3 is 2. The molecular weight excluding hydrogens is 246 g/mol. The van der Waals surface area contributed by atoms with Gasteiger partial charge in [0.1, 0.15) is 0 Å². The molecule has 0 amide bonds. The molecule has 1 aromatic heterocycles. The van der Waals surface area contributed by atoms with Gasteiger partial charge in [0.2, 0.25) is 5.88 Å². The topological polar surface area (TPSA) is 76.5 Å². The summed E-state index contributed by atoms with van der Waals surface area (Å²) < 4.78 is 10.3. The smallest absolute Gasteiger partial charge is 0.319 e. The number of hydrogen-bond acceptors (Lipinski definition) is 6. The van der Waals surface area contributed by atoms with Gasteiger partial charge in [-0.15, -0.1) is 0 Å². The number of fused-ring (bicyclic) bond motifs is 2. The van der Waals surface area contributed by atoms with Crippen LogP contribution in [-0.2, 0) is 5.60 Å². The molecule has 2 aliphatic heterocycles. The first-order chi connectivity index (χ1) is 9.14. The first-order valence-corrected chi connectivity index (χ1v) is 6.58. The first-order valence-electron chi connectivity index (χ1n) is 6.58. The van der Waals surface area contributed by atoms with E-state index >= 15 is 0 Å².